The molecule has 1 aromatic carbocycles. The highest BCUT2D eigenvalue weighted by atomic mass is 32.1. The third-order valence-corrected chi connectivity index (χ3v) is 5.17. The molecule has 0 aliphatic carbocycles. The maximum atomic E-state index is 12.9. The molecule has 0 radical (unpaired) electrons. The van der Waals surface area contributed by atoms with Crippen molar-refractivity contribution < 1.29 is 9.90 Å². The van der Waals surface area contributed by atoms with Crippen molar-refractivity contribution in [3.05, 3.63) is 29.8 Å². The number of rotatable bonds is 7. The van der Waals surface area contributed by atoms with Gasteiger partial charge in [0.2, 0.25) is 5.91 Å². The molecule has 1 fully saturated rings. The summed E-state index contributed by atoms with van der Waals surface area (Å²) in [6.07, 6.45) is 1.80. The van der Waals surface area contributed by atoms with Crippen molar-refractivity contribution in [3.63, 3.8) is 0 Å². The van der Waals surface area contributed by atoms with Crippen LogP contribution in [0.3, 0.4) is 0 Å². The molecule has 4 atom stereocenters. The molecule has 2 rings (SSSR count). The maximum Gasteiger partial charge on any atom is 0.240 e. The van der Waals surface area contributed by atoms with Crippen LogP contribution in [0.15, 0.2) is 24.3 Å². The number of benzene rings is 1. The summed E-state index contributed by atoms with van der Waals surface area (Å²) in [5, 5.41) is 13.4. The van der Waals surface area contributed by atoms with Crippen molar-refractivity contribution in [2.24, 2.45) is 11.7 Å². The standard InChI is InChI=1S/C18H29N3O2S/c1-3-12(2)17(19)18(23)21(11-14-8-16(24)9-20-14)10-13-5-4-6-15(22)7-13/h4-7,12,14,16-17,20,22,24H,3,8-11,19H2,1-2H3/t12?,14?,16?,17-/m0/s1. The molecule has 24 heavy (non-hydrogen) atoms. The molecular weight excluding hydrogens is 322 g/mol. The van der Waals surface area contributed by atoms with Crippen LogP contribution in [-0.2, 0) is 11.3 Å². The van der Waals surface area contributed by atoms with Gasteiger partial charge in [-0.1, -0.05) is 32.4 Å². The Bertz CT molecular complexity index is 555. The van der Waals surface area contributed by atoms with Crippen molar-refractivity contribution in [2.75, 3.05) is 13.1 Å². The van der Waals surface area contributed by atoms with E-state index in [1.165, 1.54) is 0 Å². The van der Waals surface area contributed by atoms with Crippen LogP contribution in [-0.4, -0.2) is 46.3 Å². The van der Waals surface area contributed by atoms with E-state index in [4.69, 9.17) is 5.73 Å². The molecule has 0 aromatic heterocycles. The van der Waals surface area contributed by atoms with E-state index in [9.17, 15) is 9.90 Å². The molecule has 1 amide bonds. The van der Waals surface area contributed by atoms with Crippen molar-refractivity contribution in [1.82, 2.24) is 10.2 Å². The van der Waals surface area contributed by atoms with E-state index in [-0.39, 0.29) is 23.6 Å². The second-order valence-corrected chi connectivity index (χ2v) is 7.52. The molecule has 0 spiro atoms. The number of nitrogens with zero attached hydrogens (tertiary/aromatic N) is 1. The first-order valence-corrected chi connectivity index (χ1v) is 9.16. The topological polar surface area (TPSA) is 78.6 Å². The first-order chi connectivity index (χ1) is 11.4. The summed E-state index contributed by atoms with van der Waals surface area (Å²) in [5.74, 6) is 0.316. The number of nitrogens with one attached hydrogen (secondary N) is 1. The van der Waals surface area contributed by atoms with Crippen LogP contribution in [0.1, 0.15) is 32.3 Å². The van der Waals surface area contributed by atoms with E-state index in [0.717, 1.165) is 24.9 Å². The van der Waals surface area contributed by atoms with Gasteiger partial charge in [0, 0.05) is 30.9 Å². The quantitative estimate of drug-likeness (QED) is 0.565. The summed E-state index contributed by atoms with van der Waals surface area (Å²) in [5.41, 5.74) is 7.08. The van der Waals surface area contributed by atoms with E-state index in [0.29, 0.717) is 18.3 Å². The number of carbonyl (C=O) groups excluding carboxylic acids is 1. The third kappa shape index (κ3) is 5.13. The van der Waals surface area contributed by atoms with Gasteiger partial charge in [0.15, 0.2) is 0 Å². The molecule has 6 heteroatoms. The van der Waals surface area contributed by atoms with Crippen LogP contribution in [0.5, 0.6) is 5.75 Å². The van der Waals surface area contributed by atoms with Gasteiger partial charge >= 0.3 is 0 Å². The average Bonchev–Trinajstić information content (AvgIpc) is 2.97. The van der Waals surface area contributed by atoms with Crippen molar-refractivity contribution in [3.8, 4) is 5.75 Å². The van der Waals surface area contributed by atoms with Crippen LogP contribution in [0.25, 0.3) is 0 Å². The van der Waals surface area contributed by atoms with Gasteiger partial charge in [0.25, 0.3) is 0 Å². The molecule has 134 valence electrons. The zero-order valence-electron chi connectivity index (χ0n) is 14.5. The second-order valence-electron chi connectivity index (χ2n) is 6.79. The predicted octanol–water partition coefficient (Wildman–Crippen LogP) is 1.75. The van der Waals surface area contributed by atoms with Gasteiger partial charge in [-0.15, -0.1) is 0 Å². The van der Waals surface area contributed by atoms with Crippen LogP contribution in [0.2, 0.25) is 0 Å². The highest BCUT2D eigenvalue weighted by Gasteiger charge is 2.29. The monoisotopic (exact) mass is 351 g/mol. The highest BCUT2D eigenvalue weighted by Crippen LogP contribution is 2.18. The first-order valence-electron chi connectivity index (χ1n) is 8.64. The van der Waals surface area contributed by atoms with E-state index in [1.807, 2.05) is 24.8 Å². The molecule has 1 saturated heterocycles. The fourth-order valence-corrected chi connectivity index (χ4v) is 3.38. The third-order valence-electron chi connectivity index (χ3n) is 4.78. The number of thiol groups is 1. The minimum absolute atomic E-state index is 0.0305. The Hall–Kier alpha value is -1.24. The molecule has 1 heterocycles. The van der Waals surface area contributed by atoms with E-state index < -0.39 is 6.04 Å². The summed E-state index contributed by atoms with van der Waals surface area (Å²) in [6, 6.07) is 6.76. The normalized spacial score (nSPS) is 23.0. The lowest BCUT2D eigenvalue weighted by atomic mass is 9.98. The fraction of sp³-hybridized carbons (Fsp3) is 0.611. The smallest absolute Gasteiger partial charge is 0.240 e. The Morgan fingerprint density at radius 1 is 1.54 bits per heavy atom. The van der Waals surface area contributed by atoms with Gasteiger partial charge in [-0.25, -0.2) is 0 Å². The molecule has 1 aliphatic heterocycles. The van der Waals surface area contributed by atoms with Crippen LogP contribution < -0.4 is 11.1 Å². The van der Waals surface area contributed by atoms with Crippen molar-refractivity contribution in [1.29, 1.82) is 0 Å². The number of hydrogen-bond donors (Lipinski definition) is 4. The minimum Gasteiger partial charge on any atom is -0.508 e. The lowest BCUT2D eigenvalue weighted by Crippen LogP contribution is -2.50. The summed E-state index contributed by atoms with van der Waals surface area (Å²) in [7, 11) is 0. The number of amides is 1. The lowest BCUT2D eigenvalue weighted by molar-refractivity contribution is -0.134. The largest absolute Gasteiger partial charge is 0.508 e. The molecule has 4 N–H and O–H groups in total. The molecule has 3 unspecified atom stereocenters. The van der Waals surface area contributed by atoms with Crippen molar-refractivity contribution >= 4 is 18.5 Å². The van der Waals surface area contributed by atoms with E-state index >= 15 is 0 Å². The lowest BCUT2D eigenvalue weighted by Gasteiger charge is -2.30. The number of nitrogens with two attached hydrogens (primary N) is 1. The minimum atomic E-state index is -0.500. The number of hydrogen-bond acceptors (Lipinski definition) is 5. The van der Waals surface area contributed by atoms with Crippen molar-refractivity contribution in [2.45, 2.75) is 50.6 Å². The van der Waals surface area contributed by atoms with Gasteiger partial charge in [-0.05, 0) is 30.0 Å². The maximum absolute atomic E-state index is 12.9. The number of carbonyl (C=O) groups is 1. The summed E-state index contributed by atoms with van der Waals surface area (Å²) in [4.78, 5) is 14.7. The predicted molar refractivity (Wildman–Crippen MR) is 100 cm³/mol. The molecule has 1 aromatic rings. The Morgan fingerprint density at radius 2 is 2.29 bits per heavy atom. The Morgan fingerprint density at radius 3 is 2.88 bits per heavy atom. The SMILES string of the molecule is CCC(C)[C@H](N)C(=O)N(Cc1cccc(O)c1)CC1CC(S)CN1. The van der Waals surface area contributed by atoms with Gasteiger partial charge in [-0.3, -0.25) is 4.79 Å². The van der Waals surface area contributed by atoms with Gasteiger partial charge < -0.3 is 21.1 Å². The molecule has 5 nitrogen and oxygen atoms in total. The van der Waals surface area contributed by atoms with Gasteiger partial charge in [-0.2, -0.15) is 12.6 Å². The fourth-order valence-electron chi connectivity index (χ4n) is 3.02. The summed E-state index contributed by atoms with van der Waals surface area (Å²) < 4.78 is 0. The van der Waals surface area contributed by atoms with E-state index in [2.05, 4.69) is 17.9 Å². The zero-order valence-corrected chi connectivity index (χ0v) is 15.4. The summed E-state index contributed by atoms with van der Waals surface area (Å²) >= 11 is 4.50. The molecular formula is C18H29N3O2S. The molecule has 1 aliphatic rings. The first kappa shape index (κ1) is 19.1. The number of aromatic hydroxyl groups is 1. The van der Waals surface area contributed by atoms with Crippen LogP contribution >= 0.6 is 12.6 Å². The highest BCUT2D eigenvalue weighted by molar-refractivity contribution is 7.81. The van der Waals surface area contributed by atoms with Gasteiger partial charge in [0.1, 0.15) is 5.75 Å². The number of phenolic OH excluding ortho intramolecular Hbond substituents is 1. The second kappa shape index (κ2) is 8.74. The van der Waals surface area contributed by atoms with Crippen LogP contribution in [0, 0.1) is 5.92 Å². The zero-order chi connectivity index (χ0) is 17.7. The summed E-state index contributed by atoms with van der Waals surface area (Å²) in [6.45, 7) is 5.97. The number of phenols is 1. The van der Waals surface area contributed by atoms with Gasteiger partial charge in [0.05, 0.1) is 6.04 Å². The Labute approximate surface area is 150 Å². The van der Waals surface area contributed by atoms with E-state index in [1.54, 1.807) is 18.2 Å². The van der Waals surface area contributed by atoms with Crippen LogP contribution in [0.4, 0.5) is 0 Å². The Balaban J connectivity index is 2.12. The molecule has 0 saturated carbocycles. The Kier molecular flexibility index (Phi) is 6.95. The average molecular weight is 352 g/mol. The molecule has 0 bridgehead atoms.